The van der Waals surface area contributed by atoms with Gasteiger partial charge in [-0.3, -0.25) is 0 Å². The van der Waals surface area contributed by atoms with E-state index in [0.717, 1.165) is 42.8 Å². The Morgan fingerprint density at radius 1 is 1.35 bits per heavy atom. The van der Waals surface area contributed by atoms with E-state index >= 15 is 0 Å². The van der Waals surface area contributed by atoms with Gasteiger partial charge in [0.2, 0.25) is 0 Å². The molecular weight excluding hydrogens is 217 g/mol. The zero-order valence-corrected chi connectivity index (χ0v) is 10.3. The Kier molecular flexibility index (Phi) is 3.74. The van der Waals surface area contributed by atoms with Crippen LogP contribution in [0.3, 0.4) is 0 Å². The van der Waals surface area contributed by atoms with Crippen LogP contribution in [0.4, 0.5) is 4.39 Å². The first-order chi connectivity index (χ1) is 8.22. The summed E-state index contributed by atoms with van der Waals surface area (Å²) in [5.74, 6) is 0.764. The number of nitrogens with zero attached hydrogens (tertiary/aromatic N) is 2. The number of aryl methyl sites for hydroxylation is 1. The maximum absolute atomic E-state index is 13.1. The second-order valence-corrected chi connectivity index (χ2v) is 4.22. The number of benzene rings is 1. The average molecular weight is 235 g/mol. The van der Waals surface area contributed by atoms with Crippen molar-refractivity contribution in [3.63, 3.8) is 0 Å². The van der Waals surface area contributed by atoms with Crippen LogP contribution >= 0.6 is 0 Å². The van der Waals surface area contributed by atoms with E-state index in [9.17, 15) is 4.39 Å². The van der Waals surface area contributed by atoms with E-state index in [1.54, 1.807) is 6.07 Å². The second kappa shape index (κ2) is 5.27. The molecule has 0 saturated carbocycles. The first kappa shape index (κ1) is 12.0. The first-order valence-electron chi connectivity index (χ1n) is 6.04. The van der Waals surface area contributed by atoms with E-state index in [4.69, 9.17) is 0 Å². The lowest BCUT2D eigenvalue weighted by molar-refractivity contribution is 0.629. The van der Waals surface area contributed by atoms with Crippen LogP contribution in [0.2, 0.25) is 0 Å². The molecule has 0 atom stereocenters. The van der Waals surface area contributed by atoms with Crippen LogP contribution in [0.25, 0.3) is 11.0 Å². The average Bonchev–Trinajstić information content (AvgIpc) is 2.61. The monoisotopic (exact) mass is 235 g/mol. The standard InChI is InChI=1S/C13H18FN3/c1-3-7-15-8-6-13-16-11-9-10(14)4-5-12(11)17(13)2/h4-5,9,15H,3,6-8H2,1-2H3. The molecule has 0 aliphatic carbocycles. The summed E-state index contributed by atoms with van der Waals surface area (Å²) in [6, 6.07) is 4.74. The van der Waals surface area contributed by atoms with Gasteiger partial charge in [0.25, 0.3) is 0 Å². The Morgan fingerprint density at radius 3 is 2.94 bits per heavy atom. The zero-order chi connectivity index (χ0) is 12.3. The van der Waals surface area contributed by atoms with Crippen molar-refractivity contribution in [2.75, 3.05) is 13.1 Å². The highest BCUT2D eigenvalue weighted by Gasteiger charge is 2.07. The fourth-order valence-electron chi connectivity index (χ4n) is 1.95. The van der Waals surface area contributed by atoms with Crippen LogP contribution in [0, 0.1) is 5.82 Å². The van der Waals surface area contributed by atoms with Gasteiger partial charge in [-0.15, -0.1) is 0 Å². The number of fused-ring (bicyclic) bond motifs is 1. The molecule has 1 heterocycles. The van der Waals surface area contributed by atoms with Crippen molar-refractivity contribution in [3.05, 3.63) is 29.8 Å². The van der Waals surface area contributed by atoms with Crippen molar-refractivity contribution in [3.8, 4) is 0 Å². The van der Waals surface area contributed by atoms with Gasteiger partial charge in [0, 0.05) is 26.1 Å². The summed E-state index contributed by atoms with van der Waals surface area (Å²) in [7, 11) is 1.97. The van der Waals surface area contributed by atoms with Crippen molar-refractivity contribution < 1.29 is 4.39 Å². The predicted molar refractivity (Wildman–Crippen MR) is 67.5 cm³/mol. The lowest BCUT2D eigenvalue weighted by Gasteiger charge is -2.03. The van der Waals surface area contributed by atoms with Crippen LogP contribution < -0.4 is 5.32 Å². The van der Waals surface area contributed by atoms with Crippen molar-refractivity contribution in [2.24, 2.45) is 7.05 Å². The number of nitrogens with one attached hydrogen (secondary N) is 1. The Morgan fingerprint density at radius 2 is 2.18 bits per heavy atom. The lowest BCUT2D eigenvalue weighted by atomic mass is 10.3. The highest BCUT2D eigenvalue weighted by atomic mass is 19.1. The summed E-state index contributed by atoms with van der Waals surface area (Å²) < 4.78 is 15.1. The van der Waals surface area contributed by atoms with E-state index in [2.05, 4.69) is 17.2 Å². The first-order valence-corrected chi connectivity index (χ1v) is 6.04. The SMILES string of the molecule is CCCNCCc1nc2cc(F)ccc2n1C. The van der Waals surface area contributed by atoms with Gasteiger partial charge in [-0.05, 0) is 25.1 Å². The summed E-state index contributed by atoms with van der Waals surface area (Å²) >= 11 is 0. The Hall–Kier alpha value is -1.42. The molecule has 0 radical (unpaired) electrons. The topological polar surface area (TPSA) is 29.9 Å². The van der Waals surface area contributed by atoms with E-state index in [-0.39, 0.29) is 5.82 Å². The molecule has 0 aliphatic rings. The molecule has 0 unspecified atom stereocenters. The minimum atomic E-state index is -0.230. The molecular formula is C13H18FN3. The summed E-state index contributed by atoms with van der Waals surface area (Å²) in [4.78, 5) is 4.45. The number of hydrogen-bond acceptors (Lipinski definition) is 2. The molecule has 92 valence electrons. The van der Waals surface area contributed by atoms with Crippen LogP contribution in [0.15, 0.2) is 18.2 Å². The highest BCUT2D eigenvalue weighted by Crippen LogP contribution is 2.16. The molecule has 0 bridgehead atoms. The lowest BCUT2D eigenvalue weighted by Crippen LogP contribution is -2.19. The third-order valence-electron chi connectivity index (χ3n) is 2.89. The summed E-state index contributed by atoms with van der Waals surface area (Å²) in [5.41, 5.74) is 1.72. The zero-order valence-electron chi connectivity index (χ0n) is 10.3. The molecule has 0 fully saturated rings. The van der Waals surface area contributed by atoms with Gasteiger partial charge < -0.3 is 9.88 Å². The van der Waals surface area contributed by atoms with Gasteiger partial charge in [-0.1, -0.05) is 6.92 Å². The molecule has 1 aromatic carbocycles. The van der Waals surface area contributed by atoms with Crippen molar-refractivity contribution in [1.29, 1.82) is 0 Å². The molecule has 2 rings (SSSR count). The van der Waals surface area contributed by atoms with E-state index in [1.807, 2.05) is 11.6 Å². The summed E-state index contributed by atoms with van der Waals surface area (Å²) in [6.07, 6.45) is 2.00. The largest absolute Gasteiger partial charge is 0.331 e. The minimum Gasteiger partial charge on any atom is -0.331 e. The van der Waals surface area contributed by atoms with Gasteiger partial charge >= 0.3 is 0 Å². The maximum atomic E-state index is 13.1. The smallest absolute Gasteiger partial charge is 0.125 e. The molecule has 0 amide bonds. The number of hydrogen-bond donors (Lipinski definition) is 1. The Labute approximate surface area is 101 Å². The van der Waals surface area contributed by atoms with Gasteiger partial charge in [0.15, 0.2) is 0 Å². The molecule has 1 N–H and O–H groups in total. The van der Waals surface area contributed by atoms with Gasteiger partial charge in [0.1, 0.15) is 11.6 Å². The van der Waals surface area contributed by atoms with Crippen molar-refractivity contribution in [1.82, 2.24) is 14.9 Å². The van der Waals surface area contributed by atoms with Crippen LogP contribution in [-0.2, 0) is 13.5 Å². The maximum Gasteiger partial charge on any atom is 0.125 e. The third-order valence-corrected chi connectivity index (χ3v) is 2.89. The van der Waals surface area contributed by atoms with Crippen molar-refractivity contribution >= 4 is 11.0 Å². The van der Waals surface area contributed by atoms with Crippen LogP contribution in [0.5, 0.6) is 0 Å². The molecule has 0 aliphatic heterocycles. The predicted octanol–water partition coefficient (Wildman–Crippen LogP) is 2.25. The van der Waals surface area contributed by atoms with Crippen LogP contribution in [-0.4, -0.2) is 22.6 Å². The molecule has 0 spiro atoms. The summed E-state index contributed by atoms with van der Waals surface area (Å²) in [5, 5.41) is 3.34. The molecule has 2 aromatic rings. The van der Waals surface area contributed by atoms with Crippen molar-refractivity contribution in [2.45, 2.75) is 19.8 Å². The quantitative estimate of drug-likeness (QED) is 0.806. The highest BCUT2D eigenvalue weighted by molar-refractivity contribution is 5.75. The number of imidazole rings is 1. The molecule has 1 aromatic heterocycles. The molecule has 3 nitrogen and oxygen atoms in total. The van der Waals surface area contributed by atoms with E-state index < -0.39 is 0 Å². The van der Waals surface area contributed by atoms with E-state index in [1.165, 1.54) is 12.1 Å². The van der Waals surface area contributed by atoms with Crippen LogP contribution in [0.1, 0.15) is 19.2 Å². The summed E-state index contributed by atoms with van der Waals surface area (Å²) in [6.45, 7) is 4.08. The molecule has 0 saturated heterocycles. The fourth-order valence-corrected chi connectivity index (χ4v) is 1.95. The fraction of sp³-hybridized carbons (Fsp3) is 0.462. The van der Waals surface area contributed by atoms with Gasteiger partial charge in [0.05, 0.1) is 11.0 Å². The number of rotatable bonds is 5. The normalized spacial score (nSPS) is 11.2. The number of halogens is 1. The number of aromatic nitrogens is 2. The Bertz CT molecular complexity index is 505. The third kappa shape index (κ3) is 2.64. The molecule has 4 heteroatoms. The minimum absolute atomic E-state index is 0.230. The second-order valence-electron chi connectivity index (χ2n) is 4.22. The van der Waals surface area contributed by atoms with E-state index in [0.29, 0.717) is 0 Å². The van der Waals surface area contributed by atoms with Gasteiger partial charge in [-0.2, -0.15) is 0 Å². The molecule has 17 heavy (non-hydrogen) atoms. The Balaban J connectivity index is 2.15. The van der Waals surface area contributed by atoms with Gasteiger partial charge in [-0.25, -0.2) is 9.37 Å².